The van der Waals surface area contributed by atoms with Crippen molar-refractivity contribution in [1.82, 2.24) is 30.1 Å². The zero-order valence-corrected chi connectivity index (χ0v) is 16.5. The van der Waals surface area contributed by atoms with Gasteiger partial charge in [-0.3, -0.25) is 4.79 Å². The summed E-state index contributed by atoms with van der Waals surface area (Å²) in [5.41, 5.74) is -0.165. The topological polar surface area (TPSA) is 89.3 Å². The highest BCUT2D eigenvalue weighted by Crippen LogP contribution is 2.29. The summed E-state index contributed by atoms with van der Waals surface area (Å²) >= 11 is 0. The van der Waals surface area contributed by atoms with Crippen molar-refractivity contribution in [2.75, 3.05) is 38.2 Å². The number of hydrogen-bond acceptors (Lipinski definition) is 7. The zero-order chi connectivity index (χ0) is 22.0. The largest absolute Gasteiger partial charge is 0.497 e. The molecule has 0 atom stereocenters. The van der Waals surface area contributed by atoms with Crippen molar-refractivity contribution in [3.05, 3.63) is 54.0 Å². The summed E-state index contributed by atoms with van der Waals surface area (Å²) in [7, 11) is 1.56. The molecule has 0 radical (unpaired) electrons. The maximum atomic E-state index is 12.7. The summed E-state index contributed by atoms with van der Waals surface area (Å²) in [6, 6.07) is 9.31. The molecule has 9 nitrogen and oxygen atoms in total. The molecule has 2 aromatic heterocycles. The maximum Gasteiger partial charge on any atom is 0.417 e. The van der Waals surface area contributed by atoms with E-state index in [1.54, 1.807) is 36.3 Å². The van der Waals surface area contributed by atoms with Gasteiger partial charge in [0.1, 0.15) is 11.6 Å². The average Bonchev–Trinajstić information content (AvgIpc) is 3.28. The van der Waals surface area contributed by atoms with Crippen molar-refractivity contribution in [2.24, 2.45) is 0 Å². The van der Waals surface area contributed by atoms with E-state index in [1.807, 2.05) is 4.90 Å². The molecule has 0 saturated carbocycles. The second-order valence-electron chi connectivity index (χ2n) is 6.78. The molecular formula is C19H18F3N7O2. The number of halogens is 3. The number of ether oxygens (including phenoxy) is 1. The van der Waals surface area contributed by atoms with E-state index < -0.39 is 11.7 Å². The lowest BCUT2D eigenvalue weighted by molar-refractivity contribution is -0.137. The van der Waals surface area contributed by atoms with Gasteiger partial charge in [0.2, 0.25) is 0 Å². The van der Waals surface area contributed by atoms with Crippen molar-refractivity contribution in [2.45, 2.75) is 6.18 Å². The van der Waals surface area contributed by atoms with Gasteiger partial charge in [-0.15, -0.1) is 15.0 Å². The van der Waals surface area contributed by atoms with Crippen LogP contribution in [-0.2, 0) is 6.18 Å². The van der Waals surface area contributed by atoms with E-state index in [4.69, 9.17) is 4.74 Å². The average molecular weight is 433 g/mol. The van der Waals surface area contributed by atoms with Gasteiger partial charge in [-0.05, 0) is 41.6 Å². The Kier molecular flexibility index (Phi) is 5.44. The molecule has 3 heterocycles. The summed E-state index contributed by atoms with van der Waals surface area (Å²) in [5, 5.41) is 11.9. The van der Waals surface area contributed by atoms with Crippen LogP contribution in [-0.4, -0.2) is 69.3 Å². The number of carbonyl (C=O) groups excluding carboxylic acids is 1. The first-order valence-electron chi connectivity index (χ1n) is 9.37. The van der Waals surface area contributed by atoms with Gasteiger partial charge in [-0.25, -0.2) is 4.98 Å². The van der Waals surface area contributed by atoms with Crippen LogP contribution in [0.15, 0.2) is 42.6 Å². The van der Waals surface area contributed by atoms with Crippen LogP contribution in [0.4, 0.5) is 19.0 Å². The Labute approximate surface area is 175 Å². The minimum absolute atomic E-state index is 0.0306. The monoisotopic (exact) mass is 433 g/mol. The predicted octanol–water partition coefficient (Wildman–Crippen LogP) is 2.05. The molecule has 1 aliphatic heterocycles. The van der Waals surface area contributed by atoms with E-state index in [2.05, 4.69) is 20.4 Å². The molecule has 0 bridgehead atoms. The standard InChI is InChI=1S/C19H18F3N7O2/c1-31-15-5-3-14(4-6-15)29-25-17(24-26-29)18(30)28-10-8-27(9-11-28)16-7-2-13(12-23-16)19(20,21)22/h2-7,12H,8-11H2,1H3. The first-order chi connectivity index (χ1) is 14.8. The minimum Gasteiger partial charge on any atom is -0.497 e. The Morgan fingerprint density at radius 2 is 1.74 bits per heavy atom. The van der Waals surface area contributed by atoms with Crippen LogP contribution in [0.2, 0.25) is 0 Å². The van der Waals surface area contributed by atoms with Gasteiger partial charge >= 0.3 is 6.18 Å². The van der Waals surface area contributed by atoms with Crippen LogP contribution in [0.25, 0.3) is 5.69 Å². The number of carbonyl (C=O) groups is 1. The molecule has 0 unspecified atom stereocenters. The van der Waals surface area contributed by atoms with Gasteiger partial charge in [0, 0.05) is 32.4 Å². The highest BCUT2D eigenvalue weighted by atomic mass is 19.4. The lowest BCUT2D eigenvalue weighted by Gasteiger charge is -2.34. The quantitative estimate of drug-likeness (QED) is 0.622. The first-order valence-corrected chi connectivity index (χ1v) is 9.37. The SMILES string of the molecule is COc1ccc(-n2nnc(C(=O)N3CCN(c4ccc(C(F)(F)F)cn4)CC3)n2)cc1. The molecule has 12 heteroatoms. The zero-order valence-electron chi connectivity index (χ0n) is 16.5. The number of amides is 1. The van der Waals surface area contributed by atoms with Crippen molar-refractivity contribution >= 4 is 11.7 Å². The lowest BCUT2D eigenvalue weighted by atomic mass is 10.2. The van der Waals surface area contributed by atoms with Crippen LogP contribution in [0, 0.1) is 0 Å². The molecule has 1 aliphatic rings. The van der Waals surface area contributed by atoms with E-state index in [-0.39, 0.29) is 11.7 Å². The number of nitrogens with zero attached hydrogens (tertiary/aromatic N) is 7. The normalized spacial score (nSPS) is 14.6. The number of tetrazole rings is 1. The molecular weight excluding hydrogens is 415 g/mol. The molecule has 4 rings (SSSR count). The Balaban J connectivity index is 1.37. The fourth-order valence-corrected chi connectivity index (χ4v) is 3.15. The van der Waals surface area contributed by atoms with Crippen molar-refractivity contribution in [3.63, 3.8) is 0 Å². The van der Waals surface area contributed by atoms with Crippen molar-refractivity contribution in [3.8, 4) is 11.4 Å². The van der Waals surface area contributed by atoms with Crippen molar-refractivity contribution < 1.29 is 22.7 Å². The molecule has 162 valence electrons. The van der Waals surface area contributed by atoms with Gasteiger partial charge in [-0.1, -0.05) is 0 Å². The number of piperazine rings is 1. The van der Waals surface area contributed by atoms with E-state index in [0.717, 1.165) is 12.3 Å². The number of pyridine rings is 1. The second kappa shape index (κ2) is 8.20. The number of hydrogen-bond donors (Lipinski definition) is 0. The summed E-state index contributed by atoms with van der Waals surface area (Å²) in [6.45, 7) is 1.57. The molecule has 3 aromatic rings. The van der Waals surface area contributed by atoms with Crippen LogP contribution >= 0.6 is 0 Å². The third-order valence-corrected chi connectivity index (χ3v) is 4.87. The van der Waals surface area contributed by atoms with E-state index >= 15 is 0 Å². The van der Waals surface area contributed by atoms with Crippen molar-refractivity contribution in [1.29, 1.82) is 0 Å². The predicted molar refractivity (Wildman–Crippen MR) is 103 cm³/mol. The van der Waals surface area contributed by atoms with E-state index in [1.165, 1.54) is 10.9 Å². The number of alkyl halides is 3. The van der Waals surface area contributed by atoms with Gasteiger partial charge < -0.3 is 14.5 Å². The highest BCUT2D eigenvalue weighted by Gasteiger charge is 2.31. The Bertz CT molecular complexity index is 1040. The summed E-state index contributed by atoms with van der Waals surface area (Å²) in [6.07, 6.45) is -3.61. The van der Waals surface area contributed by atoms with Gasteiger partial charge in [0.25, 0.3) is 11.7 Å². The van der Waals surface area contributed by atoms with E-state index in [0.29, 0.717) is 43.4 Å². The minimum atomic E-state index is -4.42. The van der Waals surface area contributed by atoms with Gasteiger partial charge in [0.05, 0.1) is 18.4 Å². The molecule has 31 heavy (non-hydrogen) atoms. The van der Waals surface area contributed by atoms with Gasteiger partial charge in [-0.2, -0.15) is 13.2 Å². The van der Waals surface area contributed by atoms with Crippen LogP contribution in [0.1, 0.15) is 16.2 Å². The number of methoxy groups -OCH3 is 1. The number of benzene rings is 1. The summed E-state index contributed by atoms with van der Waals surface area (Å²) < 4.78 is 43.2. The fourth-order valence-electron chi connectivity index (χ4n) is 3.15. The molecule has 1 saturated heterocycles. The molecule has 1 fully saturated rings. The van der Waals surface area contributed by atoms with Crippen LogP contribution < -0.4 is 9.64 Å². The molecule has 0 N–H and O–H groups in total. The third kappa shape index (κ3) is 4.42. The maximum absolute atomic E-state index is 12.7. The Morgan fingerprint density at radius 1 is 1.03 bits per heavy atom. The fraction of sp³-hybridized carbons (Fsp3) is 0.316. The van der Waals surface area contributed by atoms with Crippen LogP contribution in [0.3, 0.4) is 0 Å². The van der Waals surface area contributed by atoms with Crippen LogP contribution in [0.5, 0.6) is 5.75 Å². The molecule has 0 spiro atoms. The highest BCUT2D eigenvalue weighted by molar-refractivity contribution is 5.90. The number of aromatic nitrogens is 5. The summed E-state index contributed by atoms with van der Waals surface area (Å²) in [5.74, 6) is 0.723. The van der Waals surface area contributed by atoms with E-state index in [9.17, 15) is 18.0 Å². The lowest BCUT2D eigenvalue weighted by Crippen LogP contribution is -2.49. The second-order valence-corrected chi connectivity index (χ2v) is 6.78. The smallest absolute Gasteiger partial charge is 0.417 e. The number of rotatable bonds is 4. The molecule has 1 aromatic carbocycles. The van der Waals surface area contributed by atoms with Gasteiger partial charge in [0.15, 0.2) is 0 Å². The molecule has 1 amide bonds. The Hall–Kier alpha value is -3.70. The third-order valence-electron chi connectivity index (χ3n) is 4.87. The molecule has 0 aliphatic carbocycles. The Morgan fingerprint density at radius 3 is 2.32 bits per heavy atom. The number of anilines is 1. The summed E-state index contributed by atoms with van der Waals surface area (Å²) in [4.78, 5) is 21.3. The first kappa shape index (κ1) is 20.6.